The highest BCUT2D eigenvalue weighted by atomic mass is 19.4. The summed E-state index contributed by atoms with van der Waals surface area (Å²) in [6, 6.07) is 0. The summed E-state index contributed by atoms with van der Waals surface area (Å²) in [5, 5.41) is 0. The zero-order valence-electron chi connectivity index (χ0n) is 9.79. The van der Waals surface area contributed by atoms with E-state index in [0.29, 0.717) is 0 Å². The molecule has 0 aliphatic carbocycles. The molecule has 0 amide bonds. The maximum atomic E-state index is 13.5. The van der Waals surface area contributed by atoms with Gasteiger partial charge in [-0.05, 0) is 0 Å². The van der Waals surface area contributed by atoms with Gasteiger partial charge in [-0.15, -0.1) is 0 Å². The van der Waals surface area contributed by atoms with Crippen molar-refractivity contribution in [1.82, 2.24) is 0 Å². The van der Waals surface area contributed by atoms with Crippen molar-refractivity contribution in [2.45, 2.75) is 43.4 Å². The molecule has 13 heteroatoms. The van der Waals surface area contributed by atoms with E-state index in [-0.39, 0.29) is 6.92 Å². The molecule has 0 N–H and O–H groups in total. The molecule has 0 saturated carbocycles. The van der Waals surface area contributed by atoms with Crippen LogP contribution in [0.15, 0.2) is 0 Å². The molecule has 1 fully saturated rings. The molecule has 0 spiro atoms. The van der Waals surface area contributed by atoms with Crippen molar-refractivity contribution in [3.8, 4) is 0 Å². The zero-order valence-corrected chi connectivity index (χ0v) is 9.79. The summed E-state index contributed by atoms with van der Waals surface area (Å²) in [5.41, 5.74) is 0. The van der Waals surface area contributed by atoms with Gasteiger partial charge in [0, 0.05) is 6.92 Å². The molecule has 1 aliphatic rings. The van der Waals surface area contributed by atoms with E-state index in [4.69, 9.17) is 0 Å². The van der Waals surface area contributed by atoms with Crippen LogP contribution in [0.4, 0.5) is 43.9 Å². The molecule has 3 nitrogen and oxygen atoms in total. The molecular formula is C8H6F10O3. The third-order valence-corrected chi connectivity index (χ3v) is 2.21. The van der Waals surface area contributed by atoms with Crippen LogP contribution >= 0.6 is 0 Å². The van der Waals surface area contributed by atoms with Crippen LogP contribution in [0.5, 0.6) is 0 Å². The second-order valence-electron chi connectivity index (χ2n) is 4.05. The van der Waals surface area contributed by atoms with Gasteiger partial charge < -0.3 is 9.47 Å². The summed E-state index contributed by atoms with van der Waals surface area (Å²) in [4.78, 5) is 0. The summed E-state index contributed by atoms with van der Waals surface area (Å²) in [7, 11) is 0. The van der Waals surface area contributed by atoms with E-state index >= 15 is 0 Å². The molecular weight excluding hydrogens is 334 g/mol. The molecule has 126 valence electrons. The van der Waals surface area contributed by atoms with Crippen molar-refractivity contribution in [3.05, 3.63) is 0 Å². The number of hydrogen-bond acceptors (Lipinski definition) is 3. The highest BCUT2D eigenvalue weighted by Gasteiger charge is 2.77. The lowest BCUT2D eigenvalue weighted by Crippen LogP contribution is -2.68. The third-order valence-electron chi connectivity index (χ3n) is 2.21. The van der Waals surface area contributed by atoms with E-state index in [9.17, 15) is 43.9 Å². The fourth-order valence-electron chi connectivity index (χ4n) is 1.17. The largest absolute Gasteiger partial charge is 0.454 e. The summed E-state index contributed by atoms with van der Waals surface area (Å²) in [5.74, 6) is -9.84. The third kappa shape index (κ3) is 3.51. The van der Waals surface area contributed by atoms with Gasteiger partial charge in [0.2, 0.25) is 6.29 Å². The van der Waals surface area contributed by atoms with Gasteiger partial charge in [0.05, 0.1) is 0 Å². The van der Waals surface area contributed by atoms with E-state index in [2.05, 4.69) is 14.2 Å². The fraction of sp³-hybridized carbons (Fsp3) is 1.00. The van der Waals surface area contributed by atoms with Gasteiger partial charge in [0.1, 0.15) is 6.61 Å². The number of hydrogen-bond donors (Lipinski definition) is 0. The Labute approximate surface area is 109 Å². The monoisotopic (exact) mass is 340 g/mol. The maximum absolute atomic E-state index is 13.5. The Morgan fingerprint density at radius 2 is 1.48 bits per heavy atom. The summed E-state index contributed by atoms with van der Waals surface area (Å²) in [6.07, 6.45) is -20.7. The van der Waals surface area contributed by atoms with Crippen LogP contribution in [0.2, 0.25) is 0 Å². The number of ether oxygens (including phenoxy) is 3. The van der Waals surface area contributed by atoms with Gasteiger partial charge >= 0.3 is 30.2 Å². The minimum absolute atomic E-state index is 0.160. The Morgan fingerprint density at radius 1 is 1.00 bits per heavy atom. The molecule has 0 bridgehead atoms. The van der Waals surface area contributed by atoms with Crippen molar-refractivity contribution in [1.29, 1.82) is 0 Å². The molecule has 3 atom stereocenters. The van der Waals surface area contributed by atoms with Gasteiger partial charge in [0.25, 0.3) is 0 Å². The van der Waals surface area contributed by atoms with Crippen molar-refractivity contribution in [2.75, 3.05) is 6.61 Å². The summed E-state index contributed by atoms with van der Waals surface area (Å²) in [6.45, 7) is -2.67. The molecule has 0 aromatic rings. The molecule has 3 unspecified atom stereocenters. The van der Waals surface area contributed by atoms with Gasteiger partial charge in [-0.1, -0.05) is 0 Å². The molecule has 0 aromatic heterocycles. The molecule has 1 rings (SSSR count). The van der Waals surface area contributed by atoms with Crippen LogP contribution < -0.4 is 0 Å². The molecule has 1 saturated heterocycles. The normalized spacial score (nSPS) is 37.6. The maximum Gasteiger partial charge on any atom is 0.454 e. The second kappa shape index (κ2) is 4.84. The van der Waals surface area contributed by atoms with Crippen molar-refractivity contribution < 1.29 is 58.1 Å². The topological polar surface area (TPSA) is 27.7 Å². The van der Waals surface area contributed by atoms with Crippen LogP contribution in [0.3, 0.4) is 0 Å². The van der Waals surface area contributed by atoms with Crippen molar-refractivity contribution in [2.24, 2.45) is 0 Å². The van der Waals surface area contributed by atoms with Crippen LogP contribution in [0.1, 0.15) is 6.92 Å². The van der Waals surface area contributed by atoms with Gasteiger partial charge in [-0.25, -0.2) is 4.39 Å². The number of alkyl halides is 10. The van der Waals surface area contributed by atoms with E-state index < -0.39 is 43.1 Å². The first-order chi connectivity index (χ1) is 9.02. The average molecular weight is 340 g/mol. The van der Waals surface area contributed by atoms with E-state index in [0.717, 1.165) is 0 Å². The first-order valence-corrected chi connectivity index (χ1v) is 4.90. The van der Waals surface area contributed by atoms with Crippen LogP contribution in [0.25, 0.3) is 0 Å². The standard InChI is InChI=1S/C8H6F10O3/c1-4(9)8(17,18)21-6(13,7(14,15)16)3(20-4)19-2-5(10,11)12/h3H,2H2,1H3. The minimum Gasteiger partial charge on any atom is -0.338 e. The first kappa shape index (κ1) is 18.2. The first-order valence-electron chi connectivity index (χ1n) is 4.90. The molecule has 1 heterocycles. The van der Waals surface area contributed by atoms with Crippen LogP contribution in [-0.4, -0.2) is 43.1 Å². The van der Waals surface area contributed by atoms with Gasteiger partial charge in [-0.2, -0.15) is 39.5 Å². The fourth-order valence-corrected chi connectivity index (χ4v) is 1.17. The lowest BCUT2D eigenvalue weighted by molar-refractivity contribution is -0.554. The van der Waals surface area contributed by atoms with Gasteiger partial charge in [-0.3, -0.25) is 4.74 Å². The highest BCUT2D eigenvalue weighted by molar-refractivity contribution is 4.92. The quantitative estimate of drug-likeness (QED) is 0.721. The van der Waals surface area contributed by atoms with E-state index in [1.54, 1.807) is 0 Å². The van der Waals surface area contributed by atoms with Crippen LogP contribution in [-0.2, 0) is 14.2 Å². The Bertz CT molecular complexity index is 389. The Morgan fingerprint density at radius 3 is 1.86 bits per heavy atom. The predicted octanol–water partition coefficient (Wildman–Crippen LogP) is 3.44. The molecule has 0 radical (unpaired) electrons. The van der Waals surface area contributed by atoms with Crippen molar-refractivity contribution >= 4 is 0 Å². The summed E-state index contributed by atoms with van der Waals surface area (Å²) < 4.78 is 135. The summed E-state index contributed by atoms with van der Waals surface area (Å²) >= 11 is 0. The molecule has 0 aromatic carbocycles. The number of halogens is 10. The Hall–Kier alpha value is -0.820. The Balaban J connectivity index is 3.11. The zero-order chi connectivity index (χ0) is 16.9. The highest BCUT2D eigenvalue weighted by Crippen LogP contribution is 2.52. The average Bonchev–Trinajstić information content (AvgIpc) is 2.18. The van der Waals surface area contributed by atoms with Crippen molar-refractivity contribution in [3.63, 3.8) is 0 Å². The van der Waals surface area contributed by atoms with Crippen LogP contribution in [0, 0.1) is 0 Å². The predicted molar refractivity (Wildman–Crippen MR) is 42.3 cm³/mol. The lowest BCUT2D eigenvalue weighted by atomic mass is 10.2. The van der Waals surface area contributed by atoms with E-state index in [1.807, 2.05) is 0 Å². The lowest BCUT2D eigenvalue weighted by Gasteiger charge is -2.45. The van der Waals surface area contributed by atoms with E-state index in [1.165, 1.54) is 0 Å². The molecule has 21 heavy (non-hydrogen) atoms. The number of rotatable bonds is 2. The van der Waals surface area contributed by atoms with Gasteiger partial charge in [0.15, 0.2) is 0 Å². The minimum atomic E-state index is -6.27. The smallest absolute Gasteiger partial charge is 0.338 e. The SMILES string of the molecule is CC1(F)OC(OCC(F)(F)F)C(F)(C(F)(F)F)OC1(F)F. The molecule has 1 aliphatic heterocycles. The Kier molecular flexibility index (Phi) is 4.20. The second-order valence-corrected chi connectivity index (χ2v) is 4.05.